The first-order valence-electron chi connectivity index (χ1n) is 7.54. The Kier molecular flexibility index (Phi) is 4.65. The molecule has 0 unspecified atom stereocenters. The van der Waals surface area contributed by atoms with Crippen molar-refractivity contribution in [3.8, 4) is 11.5 Å². The summed E-state index contributed by atoms with van der Waals surface area (Å²) in [4.78, 5) is 16.2. The van der Waals surface area contributed by atoms with Crippen LogP contribution in [0.15, 0.2) is 46.9 Å². The van der Waals surface area contributed by atoms with Crippen molar-refractivity contribution in [2.24, 2.45) is 0 Å². The van der Waals surface area contributed by atoms with Gasteiger partial charge < -0.3 is 19.2 Å². The number of ether oxygens (including phenoxy) is 2. The van der Waals surface area contributed by atoms with E-state index in [0.29, 0.717) is 29.5 Å². The largest absolute Gasteiger partial charge is 0.493 e. The molecule has 6 nitrogen and oxygen atoms in total. The van der Waals surface area contributed by atoms with Gasteiger partial charge in [0.2, 0.25) is 0 Å². The lowest BCUT2D eigenvalue weighted by atomic mass is 10.2. The normalized spacial score (nSPS) is 10.6. The lowest BCUT2D eigenvalue weighted by Crippen LogP contribution is -2.28. The summed E-state index contributed by atoms with van der Waals surface area (Å²) in [5.41, 5.74) is 2.45. The molecule has 0 saturated carbocycles. The fourth-order valence-corrected chi connectivity index (χ4v) is 2.33. The summed E-state index contributed by atoms with van der Waals surface area (Å²) in [6.07, 6.45) is 0. The summed E-state index contributed by atoms with van der Waals surface area (Å²) < 4.78 is 16.1. The van der Waals surface area contributed by atoms with Crippen LogP contribution in [-0.2, 0) is 11.3 Å². The number of benzene rings is 2. The minimum atomic E-state index is -0.213. The quantitative estimate of drug-likeness (QED) is 0.754. The van der Waals surface area contributed by atoms with Crippen molar-refractivity contribution in [2.45, 2.75) is 13.5 Å². The molecular formula is C18H18N2O4. The number of nitrogens with zero attached hydrogens (tertiary/aromatic N) is 1. The Morgan fingerprint density at radius 3 is 2.79 bits per heavy atom. The van der Waals surface area contributed by atoms with Gasteiger partial charge in [-0.15, -0.1) is 0 Å². The summed E-state index contributed by atoms with van der Waals surface area (Å²) in [6, 6.07) is 12.9. The average Bonchev–Trinajstić information content (AvgIpc) is 2.97. The Morgan fingerprint density at radius 1 is 1.21 bits per heavy atom. The van der Waals surface area contributed by atoms with Crippen molar-refractivity contribution in [2.75, 3.05) is 13.7 Å². The molecule has 0 spiro atoms. The summed E-state index contributed by atoms with van der Waals surface area (Å²) in [5.74, 6) is 1.54. The molecule has 0 aliphatic heterocycles. The highest BCUT2D eigenvalue weighted by molar-refractivity contribution is 5.78. The molecule has 24 heavy (non-hydrogen) atoms. The number of nitrogens with one attached hydrogen (secondary N) is 1. The highest BCUT2D eigenvalue weighted by Gasteiger charge is 2.08. The molecule has 0 saturated heterocycles. The zero-order chi connectivity index (χ0) is 16.9. The molecule has 124 valence electrons. The standard InChI is InChI=1S/C18H18N2O4/c1-12-20-14-8-7-13(9-17(14)24-12)10-19-18(21)11-23-16-6-4-3-5-15(16)22-2/h3-9H,10-11H2,1-2H3,(H,19,21). The van der Waals surface area contributed by atoms with Crippen LogP contribution in [0.2, 0.25) is 0 Å². The lowest BCUT2D eigenvalue weighted by Gasteiger charge is -2.10. The number of fused-ring (bicyclic) bond motifs is 1. The van der Waals surface area contributed by atoms with Crippen molar-refractivity contribution >= 4 is 17.0 Å². The van der Waals surface area contributed by atoms with Crippen LogP contribution >= 0.6 is 0 Å². The number of amides is 1. The van der Waals surface area contributed by atoms with Gasteiger partial charge in [0.25, 0.3) is 5.91 Å². The highest BCUT2D eigenvalue weighted by Crippen LogP contribution is 2.25. The zero-order valence-corrected chi connectivity index (χ0v) is 13.5. The fourth-order valence-electron chi connectivity index (χ4n) is 2.33. The van der Waals surface area contributed by atoms with Crippen molar-refractivity contribution in [1.82, 2.24) is 10.3 Å². The van der Waals surface area contributed by atoms with Crippen LogP contribution in [0.25, 0.3) is 11.1 Å². The molecule has 1 heterocycles. The average molecular weight is 326 g/mol. The van der Waals surface area contributed by atoms with Crippen molar-refractivity contribution in [3.05, 3.63) is 53.9 Å². The minimum absolute atomic E-state index is 0.0793. The van der Waals surface area contributed by atoms with Crippen LogP contribution in [0.1, 0.15) is 11.5 Å². The van der Waals surface area contributed by atoms with Gasteiger partial charge in [-0.3, -0.25) is 4.79 Å². The van der Waals surface area contributed by atoms with Gasteiger partial charge in [-0.25, -0.2) is 4.98 Å². The van der Waals surface area contributed by atoms with Gasteiger partial charge in [-0.2, -0.15) is 0 Å². The van der Waals surface area contributed by atoms with Crippen molar-refractivity contribution in [1.29, 1.82) is 0 Å². The number of rotatable bonds is 6. The molecule has 0 bridgehead atoms. The van der Waals surface area contributed by atoms with Gasteiger partial charge in [-0.1, -0.05) is 18.2 Å². The van der Waals surface area contributed by atoms with E-state index in [0.717, 1.165) is 11.1 Å². The number of aryl methyl sites for hydroxylation is 1. The zero-order valence-electron chi connectivity index (χ0n) is 13.5. The number of carbonyl (C=O) groups excluding carboxylic acids is 1. The molecule has 0 atom stereocenters. The molecule has 0 fully saturated rings. The van der Waals surface area contributed by atoms with Gasteiger partial charge >= 0.3 is 0 Å². The van der Waals surface area contributed by atoms with E-state index in [4.69, 9.17) is 13.9 Å². The van der Waals surface area contributed by atoms with Crippen LogP contribution in [-0.4, -0.2) is 24.6 Å². The third-order valence-corrected chi connectivity index (χ3v) is 3.48. The summed E-state index contributed by atoms with van der Waals surface area (Å²) in [7, 11) is 1.56. The Hall–Kier alpha value is -3.02. The molecule has 1 amide bonds. The van der Waals surface area contributed by atoms with E-state index in [1.807, 2.05) is 30.3 Å². The first-order valence-corrected chi connectivity index (χ1v) is 7.54. The molecule has 3 aromatic rings. The van der Waals surface area contributed by atoms with Gasteiger partial charge in [-0.05, 0) is 29.8 Å². The summed E-state index contributed by atoms with van der Waals surface area (Å²) >= 11 is 0. The van der Waals surface area contributed by atoms with E-state index in [1.54, 1.807) is 26.2 Å². The topological polar surface area (TPSA) is 73.6 Å². The van der Waals surface area contributed by atoms with E-state index in [1.165, 1.54) is 0 Å². The maximum atomic E-state index is 11.9. The van der Waals surface area contributed by atoms with E-state index < -0.39 is 0 Å². The fraction of sp³-hybridized carbons (Fsp3) is 0.222. The van der Waals surface area contributed by atoms with Crippen LogP contribution < -0.4 is 14.8 Å². The van der Waals surface area contributed by atoms with Crippen LogP contribution in [0.5, 0.6) is 11.5 Å². The summed E-state index contributed by atoms with van der Waals surface area (Å²) in [6.45, 7) is 2.12. The monoisotopic (exact) mass is 326 g/mol. The van der Waals surface area contributed by atoms with Gasteiger partial charge in [0.1, 0.15) is 5.52 Å². The third kappa shape index (κ3) is 3.65. The maximum absolute atomic E-state index is 11.9. The Morgan fingerprint density at radius 2 is 2.00 bits per heavy atom. The minimum Gasteiger partial charge on any atom is -0.493 e. The molecule has 0 aliphatic rings. The molecule has 3 rings (SSSR count). The van der Waals surface area contributed by atoms with Gasteiger partial charge in [0.05, 0.1) is 7.11 Å². The number of methoxy groups -OCH3 is 1. The van der Waals surface area contributed by atoms with Gasteiger partial charge in [0, 0.05) is 13.5 Å². The SMILES string of the molecule is COc1ccccc1OCC(=O)NCc1ccc2nc(C)oc2c1. The Balaban J connectivity index is 1.54. The van der Waals surface area contributed by atoms with E-state index in [2.05, 4.69) is 10.3 Å². The second-order valence-electron chi connectivity index (χ2n) is 5.25. The molecule has 1 aromatic heterocycles. The lowest BCUT2D eigenvalue weighted by molar-refractivity contribution is -0.123. The first-order chi connectivity index (χ1) is 11.7. The number of para-hydroxylation sites is 2. The molecule has 0 radical (unpaired) electrons. The first kappa shape index (κ1) is 15.9. The predicted molar refractivity (Wildman–Crippen MR) is 89.1 cm³/mol. The maximum Gasteiger partial charge on any atom is 0.258 e. The Bertz CT molecular complexity index is 857. The second-order valence-corrected chi connectivity index (χ2v) is 5.25. The Labute approximate surface area is 139 Å². The van der Waals surface area contributed by atoms with E-state index in [9.17, 15) is 4.79 Å². The van der Waals surface area contributed by atoms with E-state index >= 15 is 0 Å². The smallest absolute Gasteiger partial charge is 0.258 e. The van der Waals surface area contributed by atoms with E-state index in [-0.39, 0.29) is 12.5 Å². The predicted octanol–water partition coefficient (Wildman–Crippen LogP) is 2.84. The number of carbonyl (C=O) groups is 1. The second kappa shape index (κ2) is 7.04. The molecule has 0 aliphatic carbocycles. The highest BCUT2D eigenvalue weighted by atomic mass is 16.5. The van der Waals surface area contributed by atoms with Crippen LogP contribution in [0.3, 0.4) is 0 Å². The van der Waals surface area contributed by atoms with Crippen molar-refractivity contribution < 1.29 is 18.7 Å². The number of hydrogen-bond acceptors (Lipinski definition) is 5. The van der Waals surface area contributed by atoms with Crippen LogP contribution in [0.4, 0.5) is 0 Å². The van der Waals surface area contributed by atoms with Crippen LogP contribution in [0, 0.1) is 6.92 Å². The molecule has 2 aromatic carbocycles. The number of hydrogen-bond donors (Lipinski definition) is 1. The molecular weight excluding hydrogens is 308 g/mol. The number of oxazole rings is 1. The summed E-state index contributed by atoms with van der Waals surface area (Å²) in [5, 5.41) is 2.81. The van der Waals surface area contributed by atoms with Crippen molar-refractivity contribution in [3.63, 3.8) is 0 Å². The number of aromatic nitrogens is 1. The van der Waals surface area contributed by atoms with Gasteiger partial charge in [0.15, 0.2) is 29.6 Å². The third-order valence-electron chi connectivity index (χ3n) is 3.48. The molecule has 6 heteroatoms. The molecule has 1 N–H and O–H groups in total.